The molecule has 0 radical (unpaired) electrons. The minimum atomic E-state index is -2.87. The summed E-state index contributed by atoms with van der Waals surface area (Å²) in [5.41, 5.74) is 0. The molecular weight excluding hydrogens is 186 g/mol. The number of hydrogen-bond donors (Lipinski definition) is 1. The van der Waals surface area contributed by atoms with Crippen molar-refractivity contribution in [1.82, 2.24) is 5.32 Å². The van der Waals surface area contributed by atoms with Gasteiger partial charge in [-0.25, -0.2) is 8.42 Å². The standard InChI is InChI=1S/C9H19NO2S/c1-7(2)9-8(3)10-5-4-6-13(9,11)12/h7-10H,4-6H2,1-3H3. The molecule has 0 amide bonds. The highest BCUT2D eigenvalue weighted by Gasteiger charge is 2.34. The van der Waals surface area contributed by atoms with Gasteiger partial charge in [-0.05, 0) is 25.8 Å². The molecule has 13 heavy (non-hydrogen) atoms. The van der Waals surface area contributed by atoms with E-state index in [0.717, 1.165) is 13.0 Å². The van der Waals surface area contributed by atoms with E-state index in [2.05, 4.69) is 5.32 Å². The van der Waals surface area contributed by atoms with E-state index in [4.69, 9.17) is 0 Å². The molecule has 0 bridgehead atoms. The average Bonchev–Trinajstić information content (AvgIpc) is 2.07. The second-order valence-corrected chi connectivity index (χ2v) is 6.45. The number of hydrogen-bond acceptors (Lipinski definition) is 3. The lowest BCUT2D eigenvalue weighted by Crippen LogP contribution is -2.43. The third-order valence-corrected chi connectivity index (χ3v) is 5.28. The Balaban J connectivity index is 2.93. The Morgan fingerprint density at radius 1 is 1.38 bits per heavy atom. The maximum Gasteiger partial charge on any atom is 0.154 e. The van der Waals surface area contributed by atoms with Gasteiger partial charge in [-0.3, -0.25) is 0 Å². The molecule has 1 aliphatic heterocycles. The van der Waals surface area contributed by atoms with Crippen molar-refractivity contribution in [2.45, 2.75) is 38.5 Å². The largest absolute Gasteiger partial charge is 0.313 e. The average molecular weight is 205 g/mol. The Labute approximate surface area is 80.8 Å². The Kier molecular flexibility index (Phi) is 3.35. The first-order chi connectivity index (χ1) is 5.95. The van der Waals surface area contributed by atoms with Crippen LogP contribution in [0.4, 0.5) is 0 Å². The van der Waals surface area contributed by atoms with Gasteiger partial charge in [0, 0.05) is 6.04 Å². The first-order valence-electron chi connectivity index (χ1n) is 4.90. The van der Waals surface area contributed by atoms with Crippen LogP contribution < -0.4 is 5.32 Å². The van der Waals surface area contributed by atoms with Gasteiger partial charge < -0.3 is 5.32 Å². The first kappa shape index (κ1) is 11.0. The smallest absolute Gasteiger partial charge is 0.154 e. The fraction of sp³-hybridized carbons (Fsp3) is 1.00. The van der Waals surface area contributed by atoms with Gasteiger partial charge in [-0.15, -0.1) is 0 Å². The molecular formula is C9H19NO2S. The van der Waals surface area contributed by atoms with Crippen LogP contribution in [0.3, 0.4) is 0 Å². The highest BCUT2D eigenvalue weighted by molar-refractivity contribution is 7.92. The topological polar surface area (TPSA) is 46.2 Å². The monoisotopic (exact) mass is 205 g/mol. The van der Waals surface area contributed by atoms with Crippen LogP contribution in [0.15, 0.2) is 0 Å². The van der Waals surface area contributed by atoms with Crippen LogP contribution in [0.1, 0.15) is 27.2 Å². The molecule has 1 aliphatic rings. The molecule has 2 unspecified atom stereocenters. The molecule has 4 heteroatoms. The quantitative estimate of drug-likeness (QED) is 0.689. The zero-order chi connectivity index (χ0) is 10.1. The molecule has 2 atom stereocenters. The van der Waals surface area contributed by atoms with Crippen molar-refractivity contribution in [3.05, 3.63) is 0 Å². The molecule has 0 aliphatic carbocycles. The summed E-state index contributed by atoms with van der Waals surface area (Å²) >= 11 is 0. The van der Waals surface area contributed by atoms with Crippen LogP contribution in [0.25, 0.3) is 0 Å². The highest BCUT2D eigenvalue weighted by atomic mass is 32.2. The fourth-order valence-electron chi connectivity index (χ4n) is 2.16. The lowest BCUT2D eigenvalue weighted by Gasteiger charge is -2.25. The summed E-state index contributed by atoms with van der Waals surface area (Å²) in [7, 11) is -2.87. The van der Waals surface area contributed by atoms with Crippen LogP contribution >= 0.6 is 0 Å². The molecule has 3 nitrogen and oxygen atoms in total. The Morgan fingerprint density at radius 3 is 2.54 bits per heavy atom. The number of nitrogens with one attached hydrogen (secondary N) is 1. The van der Waals surface area contributed by atoms with Crippen LogP contribution in [-0.2, 0) is 9.84 Å². The molecule has 1 fully saturated rings. The molecule has 78 valence electrons. The Hall–Kier alpha value is -0.0900. The molecule has 1 saturated heterocycles. The summed E-state index contributed by atoms with van der Waals surface area (Å²) in [6, 6.07) is 0.0903. The van der Waals surface area contributed by atoms with Gasteiger partial charge >= 0.3 is 0 Å². The third-order valence-electron chi connectivity index (χ3n) is 2.64. The maximum atomic E-state index is 11.8. The second kappa shape index (κ2) is 3.96. The Bertz CT molecular complexity index is 259. The summed E-state index contributed by atoms with van der Waals surface area (Å²) in [4.78, 5) is 0. The lowest BCUT2D eigenvalue weighted by atomic mass is 10.0. The molecule has 1 N–H and O–H groups in total. The minimum absolute atomic E-state index is 0.0903. The predicted octanol–water partition coefficient (Wildman–Crippen LogP) is 0.808. The van der Waals surface area contributed by atoms with Crippen molar-refractivity contribution in [2.75, 3.05) is 12.3 Å². The first-order valence-corrected chi connectivity index (χ1v) is 6.61. The van der Waals surface area contributed by atoms with Gasteiger partial charge in [0.15, 0.2) is 9.84 Å². The predicted molar refractivity (Wildman–Crippen MR) is 54.5 cm³/mol. The molecule has 1 rings (SSSR count). The summed E-state index contributed by atoms with van der Waals surface area (Å²) in [5.74, 6) is 0.540. The van der Waals surface area contributed by atoms with Crippen LogP contribution in [-0.4, -0.2) is 32.0 Å². The fourth-order valence-corrected chi connectivity index (χ4v) is 4.52. The molecule has 0 spiro atoms. The summed E-state index contributed by atoms with van der Waals surface area (Å²) in [6.07, 6.45) is 0.746. The third kappa shape index (κ3) is 2.44. The van der Waals surface area contributed by atoms with Crippen LogP contribution in [0.2, 0.25) is 0 Å². The van der Waals surface area contributed by atoms with Gasteiger partial charge in [0.25, 0.3) is 0 Å². The maximum absolute atomic E-state index is 11.8. The van der Waals surface area contributed by atoms with Gasteiger partial charge in [0.2, 0.25) is 0 Å². The van der Waals surface area contributed by atoms with E-state index in [9.17, 15) is 8.42 Å². The van der Waals surface area contributed by atoms with Crippen molar-refractivity contribution in [3.63, 3.8) is 0 Å². The highest BCUT2D eigenvalue weighted by Crippen LogP contribution is 2.20. The zero-order valence-electron chi connectivity index (χ0n) is 8.58. The van der Waals surface area contributed by atoms with Crippen molar-refractivity contribution < 1.29 is 8.42 Å². The Morgan fingerprint density at radius 2 is 2.00 bits per heavy atom. The summed E-state index contributed by atoms with van der Waals surface area (Å²) in [5, 5.41) is 3.04. The van der Waals surface area contributed by atoms with Crippen molar-refractivity contribution in [3.8, 4) is 0 Å². The molecule has 0 aromatic heterocycles. The van der Waals surface area contributed by atoms with Gasteiger partial charge in [-0.2, -0.15) is 0 Å². The van der Waals surface area contributed by atoms with Gasteiger partial charge in [0.1, 0.15) is 0 Å². The van der Waals surface area contributed by atoms with E-state index < -0.39 is 9.84 Å². The van der Waals surface area contributed by atoms with E-state index in [0.29, 0.717) is 5.75 Å². The van der Waals surface area contributed by atoms with E-state index >= 15 is 0 Å². The molecule has 0 saturated carbocycles. The van der Waals surface area contributed by atoms with Crippen molar-refractivity contribution in [2.24, 2.45) is 5.92 Å². The molecule has 0 aromatic carbocycles. The number of rotatable bonds is 1. The zero-order valence-corrected chi connectivity index (χ0v) is 9.39. The van der Waals surface area contributed by atoms with E-state index in [1.807, 2.05) is 20.8 Å². The van der Waals surface area contributed by atoms with Crippen LogP contribution in [0.5, 0.6) is 0 Å². The summed E-state index contributed by atoms with van der Waals surface area (Å²) in [6.45, 7) is 6.74. The van der Waals surface area contributed by atoms with Crippen molar-refractivity contribution in [1.29, 1.82) is 0 Å². The summed E-state index contributed by atoms with van der Waals surface area (Å²) < 4.78 is 23.6. The van der Waals surface area contributed by atoms with E-state index in [1.165, 1.54) is 0 Å². The van der Waals surface area contributed by atoms with Gasteiger partial charge in [-0.1, -0.05) is 13.8 Å². The minimum Gasteiger partial charge on any atom is -0.313 e. The molecule has 0 aromatic rings. The second-order valence-electron chi connectivity index (χ2n) is 4.17. The van der Waals surface area contributed by atoms with E-state index in [1.54, 1.807) is 0 Å². The normalized spacial score (nSPS) is 34.5. The van der Waals surface area contributed by atoms with E-state index in [-0.39, 0.29) is 17.2 Å². The lowest BCUT2D eigenvalue weighted by molar-refractivity contribution is 0.446. The van der Waals surface area contributed by atoms with Crippen LogP contribution in [0, 0.1) is 5.92 Å². The molecule has 1 heterocycles. The van der Waals surface area contributed by atoms with Gasteiger partial charge in [0.05, 0.1) is 11.0 Å². The van der Waals surface area contributed by atoms with Crippen molar-refractivity contribution >= 4 is 9.84 Å². The number of sulfone groups is 1. The SMILES string of the molecule is CC(C)C1C(C)NCCCS1(=O)=O.